The molecule has 1 aliphatic heterocycles. The largest absolute Gasteiger partial charge is 0.341 e. The lowest BCUT2D eigenvalue weighted by molar-refractivity contribution is -0.133. The zero-order chi connectivity index (χ0) is 7.40. The van der Waals surface area contributed by atoms with E-state index in [0.717, 1.165) is 32.4 Å². The Morgan fingerprint density at radius 3 is 2.50 bits per heavy atom. The van der Waals surface area contributed by atoms with Crippen LogP contribution in [-0.2, 0) is 4.79 Å². The smallest absolute Gasteiger partial charge is 0.222 e. The second-order valence-corrected chi connectivity index (χ2v) is 2.63. The lowest BCUT2D eigenvalue weighted by atomic mass is 10.1. The molecular weight excluding hydrogens is 199 g/mol. The van der Waals surface area contributed by atoms with Gasteiger partial charge in [0.15, 0.2) is 0 Å². The van der Waals surface area contributed by atoms with Crippen molar-refractivity contribution in [2.45, 2.75) is 19.3 Å². The van der Waals surface area contributed by atoms with E-state index in [9.17, 15) is 4.79 Å². The second-order valence-electron chi connectivity index (χ2n) is 2.63. The maximum Gasteiger partial charge on any atom is 0.222 e. The van der Waals surface area contributed by atoms with Crippen LogP contribution in [0.25, 0.3) is 0 Å². The molecule has 0 spiro atoms. The predicted molar refractivity (Wildman–Crippen MR) is 54.0 cm³/mol. The predicted octanol–water partition coefficient (Wildman–Crippen LogP) is 0.801. The summed E-state index contributed by atoms with van der Waals surface area (Å²) in [7, 11) is 0. The topological polar surface area (TPSA) is 46.3 Å². The summed E-state index contributed by atoms with van der Waals surface area (Å²) in [6.45, 7) is 2.24. The van der Waals surface area contributed by atoms with Gasteiger partial charge in [-0.05, 0) is 12.8 Å². The van der Waals surface area contributed by atoms with Crippen molar-refractivity contribution in [1.29, 1.82) is 0 Å². The summed E-state index contributed by atoms with van der Waals surface area (Å²) in [5.74, 6) is 0.275. The van der Waals surface area contributed by atoms with Gasteiger partial charge in [-0.25, -0.2) is 0 Å². The highest BCUT2D eigenvalue weighted by Gasteiger charge is 2.15. The maximum atomic E-state index is 11.1. The summed E-state index contributed by atoms with van der Waals surface area (Å²) in [6, 6.07) is 0. The first-order valence-corrected chi connectivity index (χ1v) is 3.82. The van der Waals surface area contributed by atoms with Gasteiger partial charge in [0, 0.05) is 26.1 Å². The number of carbonyl (C=O) groups is 1. The fourth-order valence-electron chi connectivity index (χ4n) is 1.25. The molecular formula is C7H16Cl2N2O. The Hall–Kier alpha value is 0.01000. The van der Waals surface area contributed by atoms with E-state index < -0.39 is 0 Å². The van der Waals surface area contributed by atoms with Crippen LogP contribution in [0.3, 0.4) is 0 Å². The molecule has 5 heteroatoms. The number of nitrogens with two attached hydrogens (primary N) is 1. The molecule has 1 rings (SSSR count). The highest BCUT2D eigenvalue weighted by molar-refractivity contribution is 5.85. The molecule has 0 radical (unpaired) electrons. The number of carbonyl (C=O) groups excluding carboxylic acids is 1. The molecule has 1 amide bonds. The van der Waals surface area contributed by atoms with Crippen molar-refractivity contribution in [2.75, 3.05) is 19.6 Å². The summed E-state index contributed by atoms with van der Waals surface area (Å²) in [4.78, 5) is 12.9. The van der Waals surface area contributed by atoms with Crippen molar-refractivity contribution in [2.24, 2.45) is 5.73 Å². The van der Waals surface area contributed by atoms with Crippen LogP contribution < -0.4 is 5.73 Å². The van der Waals surface area contributed by atoms with Crippen molar-refractivity contribution in [1.82, 2.24) is 4.90 Å². The van der Waals surface area contributed by atoms with E-state index in [1.165, 1.54) is 0 Å². The number of hydrogen-bond donors (Lipinski definition) is 1. The van der Waals surface area contributed by atoms with Crippen LogP contribution in [0.1, 0.15) is 19.3 Å². The van der Waals surface area contributed by atoms with Gasteiger partial charge in [-0.2, -0.15) is 0 Å². The van der Waals surface area contributed by atoms with E-state index in [0.29, 0.717) is 6.54 Å². The minimum absolute atomic E-state index is 0. The minimum atomic E-state index is 0. The van der Waals surface area contributed by atoms with E-state index in [2.05, 4.69) is 0 Å². The zero-order valence-electron chi connectivity index (χ0n) is 6.99. The summed E-state index contributed by atoms with van der Waals surface area (Å²) >= 11 is 0. The van der Waals surface area contributed by atoms with Gasteiger partial charge < -0.3 is 10.6 Å². The number of halogens is 2. The molecule has 3 nitrogen and oxygen atoms in total. The number of piperidine rings is 1. The minimum Gasteiger partial charge on any atom is -0.341 e. The van der Waals surface area contributed by atoms with Gasteiger partial charge in [0.2, 0.25) is 5.91 Å². The van der Waals surface area contributed by atoms with Crippen LogP contribution in [0.5, 0.6) is 0 Å². The average molecular weight is 215 g/mol. The molecule has 12 heavy (non-hydrogen) atoms. The molecule has 0 aliphatic carbocycles. The monoisotopic (exact) mass is 214 g/mol. The molecule has 1 fully saturated rings. The lowest BCUT2D eigenvalue weighted by Crippen LogP contribution is -2.38. The molecule has 0 aromatic carbocycles. The third-order valence-electron chi connectivity index (χ3n) is 1.82. The summed E-state index contributed by atoms with van der Waals surface area (Å²) in [5, 5.41) is 0. The quantitative estimate of drug-likeness (QED) is 0.740. The molecule has 1 heterocycles. The Kier molecular flexibility index (Phi) is 9.26. The van der Waals surface area contributed by atoms with Gasteiger partial charge in [-0.3, -0.25) is 4.79 Å². The number of amides is 1. The third kappa shape index (κ3) is 4.14. The van der Waals surface area contributed by atoms with Crippen molar-refractivity contribution in [3.63, 3.8) is 0 Å². The van der Waals surface area contributed by atoms with E-state index in [-0.39, 0.29) is 30.7 Å². The molecule has 0 bridgehead atoms. The maximum absolute atomic E-state index is 11.1. The van der Waals surface area contributed by atoms with Crippen LogP contribution >= 0.6 is 24.8 Å². The van der Waals surface area contributed by atoms with Crippen LogP contribution in [0, 0.1) is 0 Å². The fraction of sp³-hybridized carbons (Fsp3) is 0.857. The van der Waals surface area contributed by atoms with Crippen molar-refractivity contribution >= 4 is 30.7 Å². The van der Waals surface area contributed by atoms with Gasteiger partial charge >= 0.3 is 0 Å². The van der Waals surface area contributed by atoms with Gasteiger partial charge in [0.05, 0.1) is 0 Å². The molecule has 2 N–H and O–H groups in total. The molecule has 1 aliphatic rings. The Labute approximate surface area is 85.5 Å². The Morgan fingerprint density at radius 1 is 1.33 bits per heavy atom. The van der Waals surface area contributed by atoms with E-state index in [1.807, 2.05) is 4.90 Å². The van der Waals surface area contributed by atoms with Gasteiger partial charge in [0.1, 0.15) is 0 Å². The summed E-state index contributed by atoms with van der Waals surface area (Å²) in [6.07, 6.45) is 2.92. The molecule has 0 aromatic rings. The van der Waals surface area contributed by atoms with E-state index >= 15 is 0 Å². The molecule has 0 saturated carbocycles. The summed E-state index contributed by atoms with van der Waals surface area (Å²) in [5.41, 5.74) is 5.33. The average Bonchev–Trinajstić information content (AvgIpc) is 1.94. The van der Waals surface area contributed by atoms with Crippen molar-refractivity contribution in [3.05, 3.63) is 0 Å². The molecule has 74 valence electrons. The van der Waals surface area contributed by atoms with Crippen LogP contribution in [0.15, 0.2) is 0 Å². The molecule has 0 unspecified atom stereocenters. The normalized spacial score (nSPS) is 16.4. The third-order valence-corrected chi connectivity index (χ3v) is 1.82. The number of nitrogens with zero attached hydrogens (tertiary/aromatic N) is 1. The van der Waals surface area contributed by atoms with Crippen molar-refractivity contribution in [3.8, 4) is 0 Å². The van der Waals surface area contributed by atoms with Gasteiger partial charge in [-0.15, -0.1) is 24.8 Å². The van der Waals surface area contributed by atoms with Crippen LogP contribution in [-0.4, -0.2) is 30.4 Å². The summed E-state index contributed by atoms with van der Waals surface area (Å²) < 4.78 is 0. The van der Waals surface area contributed by atoms with E-state index in [1.54, 1.807) is 0 Å². The highest BCUT2D eigenvalue weighted by Crippen LogP contribution is 2.08. The molecule has 0 atom stereocenters. The second kappa shape index (κ2) is 7.65. The Bertz CT molecular complexity index is 131. The van der Waals surface area contributed by atoms with Gasteiger partial charge in [-0.1, -0.05) is 0 Å². The van der Waals surface area contributed by atoms with Crippen molar-refractivity contribution < 1.29 is 4.79 Å². The number of hydrogen-bond acceptors (Lipinski definition) is 2. The first kappa shape index (κ1) is 14.5. The van der Waals surface area contributed by atoms with E-state index in [4.69, 9.17) is 5.73 Å². The van der Waals surface area contributed by atoms with Gasteiger partial charge in [0.25, 0.3) is 0 Å². The standard InChI is InChI=1S/C7H14N2O.2ClH/c8-4-6-9-5-2-1-3-7(9)10;;/h1-6,8H2;2*1H. The first-order valence-electron chi connectivity index (χ1n) is 3.82. The fourth-order valence-corrected chi connectivity index (χ4v) is 1.25. The Balaban J connectivity index is 0. The van der Waals surface area contributed by atoms with Crippen LogP contribution in [0.2, 0.25) is 0 Å². The SMILES string of the molecule is Cl.Cl.NCCN1CCCCC1=O. The first-order chi connectivity index (χ1) is 4.84. The molecule has 0 aromatic heterocycles. The Morgan fingerprint density at radius 2 is 2.00 bits per heavy atom. The lowest BCUT2D eigenvalue weighted by Gasteiger charge is -2.25. The number of likely N-dealkylation sites (tertiary alicyclic amines) is 1. The number of rotatable bonds is 2. The van der Waals surface area contributed by atoms with Crippen LogP contribution in [0.4, 0.5) is 0 Å². The highest BCUT2D eigenvalue weighted by atomic mass is 35.5. The molecule has 1 saturated heterocycles. The zero-order valence-corrected chi connectivity index (χ0v) is 8.62.